The first-order valence-electron chi connectivity index (χ1n) is 11.9. The summed E-state index contributed by atoms with van der Waals surface area (Å²) in [5.41, 5.74) is 4.26. The number of carbonyl (C=O) groups excluding carboxylic acids is 2. The van der Waals surface area contributed by atoms with Gasteiger partial charge >= 0.3 is 0 Å². The highest BCUT2D eigenvalue weighted by Crippen LogP contribution is 2.47. The molecular formula is C30H23ClN2O3. The van der Waals surface area contributed by atoms with E-state index in [1.54, 1.807) is 35.4 Å². The van der Waals surface area contributed by atoms with Crippen LogP contribution in [0.1, 0.15) is 46.5 Å². The minimum atomic E-state index is -0.619. The molecule has 0 bridgehead atoms. The molecule has 0 radical (unpaired) electrons. The highest BCUT2D eigenvalue weighted by atomic mass is 35.5. The quantitative estimate of drug-likeness (QED) is 0.328. The van der Waals surface area contributed by atoms with E-state index < -0.39 is 6.04 Å². The number of halogens is 1. The van der Waals surface area contributed by atoms with Gasteiger partial charge in [-0.2, -0.15) is 0 Å². The molecule has 2 atom stereocenters. The lowest BCUT2D eigenvalue weighted by molar-refractivity contribution is -0.116. The maximum atomic E-state index is 14.1. The number of allylic oxidation sites excluding steroid dienone is 1. The Labute approximate surface area is 214 Å². The molecular weight excluding hydrogens is 472 g/mol. The fraction of sp³-hybridized carbons (Fsp3) is 0.133. The number of hydrogen-bond acceptors (Lipinski definition) is 4. The van der Waals surface area contributed by atoms with E-state index in [4.69, 9.17) is 16.0 Å². The standard InChI is InChI=1S/C30H23ClN2O3/c31-22-14-12-19(13-15-22)29-28-24(17-21(18-26(28)34)27-11-6-16-36-27)32-23-9-4-5-10-25(23)33(29)30(35)20-7-2-1-3-8-20/h1-16,21,29,32H,17-18H2/t21-,29-/m0/s1. The van der Waals surface area contributed by atoms with Gasteiger partial charge in [0.25, 0.3) is 5.91 Å². The molecule has 1 aromatic heterocycles. The van der Waals surface area contributed by atoms with Gasteiger partial charge in [0.1, 0.15) is 5.76 Å². The lowest BCUT2D eigenvalue weighted by Gasteiger charge is -2.35. The van der Waals surface area contributed by atoms with Crippen LogP contribution in [0, 0.1) is 0 Å². The first-order chi connectivity index (χ1) is 17.6. The summed E-state index contributed by atoms with van der Waals surface area (Å²) >= 11 is 6.22. The van der Waals surface area contributed by atoms with Crippen LogP contribution < -0.4 is 10.2 Å². The zero-order valence-electron chi connectivity index (χ0n) is 19.4. The maximum Gasteiger partial charge on any atom is 0.259 e. The highest BCUT2D eigenvalue weighted by Gasteiger charge is 2.42. The number of carbonyl (C=O) groups is 2. The van der Waals surface area contributed by atoms with E-state index in [0.717, 1.165) is 22.7 Å². The third kappa shape index (κ3) is 3.91. The van der Waals surface area contributed by atoms with Crippen molar-refractivity contribution in [2.75, 3.05) is 10.2 Å². The number of para-hydroxylation sites is 2. The van der Waals surface area contributed by atoms with Crippen molar-refractivity contribution in [3.63, 3.8) is 0 Å². The molecule has 4 aromatic rings. The van der Waals surface area contributed by atoms with Gasteiger partial charge in [0.2, 0.25) is 0 Å². The molecule has 1 aliphatic carbocycles. The number of amides is 1. The van der Waals surface area contributed by atoms with Crippen LogP contribution in [0.25, 0.3) is 0 Å². The molecule has 178 valence electrons. The van der Waals surface area contributed by atoms with Gasteiger partial charge in [-0.1, -0.05) is 54.1 Å². The summed E-state index contributed by atoms with van der Waals surface area (Å²) in [6.07, 6.45) is 2.54. The smallest absolute Gasteiger partial charge is 0.259 e. The van der Waals surface area contributed by atoms with E-state index in [0.29, 0.717) is 34.7 Å². The SMILES string of the molecule is O=C1C[C@@H](c2ccco2)CC2=C1[C@H](c1ccc(Cl)cc1)N(C(=O)c1ccccc1)c1ccccc1N2. The van der Waals surface area contributed by atoms with E-state index in [1.807, 2.05) is 66.7 Å². The number of ketones is 1. The lowest BCUT2D eigenvalue weighted by atomic mass is 9.80. The van der Waals surface area contributed by atoms with Crippen molar-refractivity contribution in [3.8, 4) is 0 Å². The molecule has 2 heterocycles. The normalized spacial score (nSPS) is 19.2. The second kappa shape index (κ2) is 9.17. The highest BCUT2D eigenvalue weighted by molar-refractivity contribution is 6.30. The molecule has 3 aromatic carbocycles. The average molecular weight is 495 g/mol. The monoisotopic (exact) mass is 494 g/mol. The van der Waals surface area contributed by atoms with E-state index >= 15 is 0 Å². The first-order valence-corrected chi connectivity index (χ1v) is 12.3. The number of nitrogens with zero attached hydrogens (tertiary/aromatic N) is 1. The summed E-state index contributed by atoms with van der Waals surface area (Å²) in [6, 6.07) is 27.4. The van der Waals surface area contributed by atoms with Crippen LogP contribution in [0.5, 0.6) is 0 Å². The zero-order valence-corrected chi connectivity index (χ0v) is 20.1. The number of fused-ring (bicyclic) bond motifs is 1. The Kier molecular flexibility index (Phi) is 5.70. The Morgan fingerprint density at radius 2 is 1.64 bits per heavy atom. The minimum absolute atomic E-state index is 0.0104. The van der Waals surface area contributed by atoms with Crippen molar-refractivity contribution in [3.05, 3.63) is 130 Å². The largest absolute Gasteiger partial charge is 0.469 e. The third-order valence-electron chi connectivity index (χ3n) is 6.86. The summed E-state index contributed by atoms with van der Waals surface area (Å²) in [5, 5.41) is 4.12. The van der Waals surface area contributed by atoms with Crippen LogP contribution in [0.2, 0.25) is 5.02 Å². The Hall–Kier alpha value is -4.09. The average Bonchev–Trinajstić information content (AvgIpc) is 3.40. The van der Waals surface area contributed by atoms with Crippen molar-refractivity contribution < 1.29 is 14.0 Å². The summed E-state index contributed by atoms with van der Waals surface area (Å²) in [5.74, 6) is 0.519. The molecule has 1 amide bonds. The van der Waals surface area contributed by atoms with Crippen LogP contribution in [0.3, 0.4) is 0 Å². The first kappa shape index (κ1) is 22.4. The molecule has 0 saturated heterocycles. The van der Waals surface area contributed by atoms with Crippen LogP contribution in [0.15, 0.2) is 113 Å². The topological polar surface area (TPSA) is 62.6 Å². The van der Waals surface area contributed by atoms with Gasteiger partial charge in [0.15, 0.2) is 5.78 Å². The Morgan fingerprint density at radius 3 is 2.39 bits per heavy atom. The van der Waals surface area contributed by atoms with Gasteiger partial charge in [-0.15, -0.1) is 0 Å². The fourth-order valence-electron chi connectivity index (χ4n) is 5.22. The molecule has 0 saturated carbocycles. The maximum absolute atomic E-state index is 14.1. The van der Waals surface area contributed by atoms with E-state index in [1.165, 1.54) is 0 Å². The molecule has 0 fully saturated rings. The number of anilines is 2. The lowest BCUT2D eigenvalue weighted by Crippen LogP contribution is -2.38. The van der Waals surface area contributed by atoms with E-state index in [9.17, 15) is 9.59 Å². The molecule has 1 aliphatic heterocycles. The van der Waals surface area contributed by atoms with E-state index in [2.05, 4.69) is 5.32 Å². The number of benzene rings is 3. The number of furan rings is 1. The molecule has 0 unspecified atom stereocenters. The summed E-state index contributed by atoms with van der Waals surface area (Å²) in [6.45, 7) is 0. The number of rotatable bonds is 3. The van der Waals surface area contributed by atoms with Crippen LogP contribution in [-0.2, 0) is 4.79 Å². The number of hydrogen-bond donors (Lipinski definition) is 1. The van der Waals surface area contributed by atoms with Gasteiger partial charge < -0.3 is 9.73 Å². The van der Waals surface area contributed by atoms with Gasteiger partial charge in [0.05, 0.1) is 23.7 Å². The molecule has 5 nitrogen and oxygen atoms in total. The molecule has 0 spiro atoms. The summed E-state index contributed by atoms with van der Waals surface area (Å²) in [7, 11) is 0. The van der Waals surface area contributed by atoms with Crippen molar-refractivity contribution in [1.82, 2.24) is 0 Å². The minimum Gasteiger partial charge on any atom is -0.469 e. The van der Waals surface area contributed by atoms with Crippen molar-refractivity contribution in [2.24, 2.45) is 0 Å². The van der Waals surface area contributed by atoms with Crippen molar-refractivity contribution in [1.29, 1.82) is 0 Å². The molecule has 6 heteroatoms. The Balaban J connectivity index is 1.58. The van der Waals surface area contributed by atoms with Crippen LogP contribution in [-0.4, -0.2) is 11.7 Å². The second-order valence-corrected chi connectivity index (χ2v) is 9.51. The summed E-state index contributed by atoms with van der Waals surface area (Å²) < 4.78 is 5.66. The van der Waals surface area contributed by atoms with Crippen LogP contribution in [0.4, 0.5) is 11.4 Å². The molecule has 1 N–H and O–H groups in total. The van der Waals surface area contributed by atoms with Gasteiger partial charge in [-0.05, 0) is 60.5 Å². The van der Waals surface area contributed by atoms with Gasteiger partial charge in [-0.25, -0.2) is 0 Å². The summed E-state index contributed by atoms with van der Waals surface area (Å²) in [4.78, 5) is 29.8. The Bertz CT molecular complexity index is 1460. The van der Waals surface area contributed by atoms with Crippen molar-refractivity contribution >= 4 is 34.7 Å². The predicted octanol–water partition coefficient (Wildman–Crippen LogP) is 7.15. The molecule has 6 rings (SSSR count). The van der Waals surface area contributed by atoms with Crippen LogP contribution >= 0.6 is 11.6 Å². The fourth-order valence-corrected chi connectivity index (χ4v) is 5.34. The van der Waals surface area contributed by atoms with Gasteiger partial charge in [-0.3, -0.25) is 14.5 Å². The Morgan fingerprint density at radius 1 is 0.889 bits per heavy atom. The molecule has 2 aliphatic rings. The van der Waals surface area contributed by atoms with Crippen molar-refractivity contribution in [2.45, 2.75) is 24.8 Å². The zero-order chi connectivity index (χ0) is 24.6. The predicted molar refractivity (Wildman–Crippen MR) is 140 cm³/mol. The van der Waals surface area contributed by atoms with E-state index in [-0.39, 0.29) is 17.6 Å². The third-order valence-corrected chi connectivity index (χ3v) is 7.11. The second-order valence-electron chi connectivity index (χ2n) is 9.07. The number of nitrogens with one attached hydrogen (secondary N) is 1. The van der Waals surface area contributed by atoms with Gasteiger partial charge in [0, 0.05) is 34.2 Å². The number of Topliss-reactive ketones (excluding diaryl/α,β-unsaturated/α-hetero) is 1. The molecule has 36 heavy (non-hydrogen) atoms.